The van der Waals surface area contributed by atoms with Crippen molar-refractivity contribution in [2.24, 2.45) is 0 Å². The van der Waals surface area contributed by atoms with Gasteiger partial charge in [-0.05, 0) is 103 Å². The van der Waals surface area contributed by atoms with Crippen molar-refractivity contribution in [2.75, 3.05) is 13.2 Å². The Kier molecular flexibility index (Phi) is 53.8. The molecule has 0 aliphatic rings. The van der Waals surface area contributed by atoms with E-state index in [2.05, 4.69) is 69.4 Å². The van der Waals surface area contributed by atoms with Crippen molar-refractivity contribution in [3.8, 4) is 0 Å². The summed E-state index contributed by atoms with van der Waals surface area (Å²) in [5.74, 6) is -0.884. The van der Waals surface area contributed by atoms with Gasteiger partial charge in [-0.1, -0.05) is 230 Å². The van der Waals surface area contributed by atoms with Crippen LogP contribution in [0.3, 0.4) is 0 Å². The van der Waals surface area contributed by atoms with Crippen LogP contribution in [-0.2, 0) is 28.6 Å². The molecule has 0 rings (SSSR count). The zero-order valence-electron chi connectivity index (χ0n) is 44.7. The van der Waals surface area contributed by atoms with Gasteiger partial charge < -0.3 is 14.2 Å². The molecule has 0 saturated heterocycles. The average molecular weight is 940 g/mol. The average Bonchev–Trinajstić information content (AvgIpc) is 3.33. The second-order valence-corrected chi connectivity index (χ2v) is 19.5. The number of carbonyl (C=O) groups is 3. The summed E-state index contributed by atoms with van der Waals surface area (Å²) in [6, 6.07) is 0. The first-order valence-electron chi connectivity index (χ1n) is 29.1. The molecule has 0 N–H and O–H groups in total. The smallest absolute Gasteiger partial charge is 0.306 e. The van der Waals surface area contributed by atoms with E-state index in [-0.39, 0.29) is 31.1 Å². The fourth-order valence-corrected chi connectivity index (χ4v) is 8.35. The third-order valence-electron chi connectivity index (χ3n) is 12.8. The molecule has 0 aliphatic carbocycles. The molecule has 0 aromatic heterocycles. The van der Waals surface area contributed by atoms with Crippen LogP contribution in [0.4, 0.5) is 0 Å². The van der Waals surface area contributed by atoms with E-state index in [1.165, 1.54) is 186 Å². The largest absolute Gasteiger partial charge is 0.462 e. The summed E-state index contributed by atoms with van der Waals surface area (Å²) in [6.07, 6.45) is 68.1. The normalized spacial score (nSPS) is 12.3. The lowest BCUT2D eigenvalue weighted by Gasteiger charge is -2.18. The van der Waals surface area contributed by atoms with Crippen molar-refractivity contribution < 1.29 is 28.6 Å². The van der Waals surface area contributed by atoms with E-state index in [1.54, 1.807) is 0 Å². The molecule has 0 spiro atoms. The number of hydrogen-bond acceptors (Lipinski definition) is 6. The van der Waals surface area contributed by atoms with Gasteiger partial charge in [-0.3, -0.25) is 14.4 Å². The van der Waals surface area contributed by atoms with Crippen LogP contribution in [0.2, 0.25) is 0 Å². The van der Waals surface area contributed by atoms with E-state index < -0.39 is 6.10 Å². The van der Waals surface area contributed by atoms with Gasteiger partial charge >= 0.3 is 17.9 Å². The molecule has 390 valence electrons. The Morgan fingerprint density at radius 1 is 0.299 bits per heavy atom. The van der Waals surface area contributed by atoms with Gasteiger partial charge in [-0.2, -0.15) is 0 Å². The van der Waals surface area contributed by atoms with Crippen LogP contribution < -0.4 is 0 Å². The third kappa shape index (κ3) is 54.2. The summed E-state index contributed by atoms with van der Waals surface area (Å²) >= 11 is 0. The maximum atomic E-state index is 12.9. The standard InChI is InChI=1S/C61H110O6/c1-4-7-10-13-16-19-22-25-27-29-30-32-33-36-39-42-45-48-51-54-60(63)66-57-58(56-65-59(62)53-50-47-44-41-38-35-24-21-18-15-12-9-6-3)67-61(64)55-52-49-46-43-40-37-34-31-28-26-23-20-17-14-11-8-5-2/h17,20-21,24-28,58H,4-16,18-19,22-23,29-57H2,1-3H3/b20-17+,24-21+,27-25+,28-26+/t58-/m1/s1. The number of allylic oxidation sites excluding steroid dienone is 8. The summed E-state index contributed by atoms with van der Waals surface area (Å²) < 4.78 is 16.9. The highest BCUT2D eigenvalue weighted by atomic mass is 16.6. The first-order chi connectivity index (χ1) is 33.0. The summed E-state index contributed by atoms with van der Waals surface area (Å²) in [4.78, 5) is 38.1. The van der Waals surface area contributed by atoms with E-state index in [9.17, 15) is 14.4 Å². The highest BCUT2D eigenvalue weighted by Gasteiger charge is 2.19. The molecule has 0 bridgehead atoms. The Labute approximate surface area is 416 Å². The van der Waals surface area contributed by atoms with Gasteiger partial charge in [0.2, 0.25) is 0 Å². The number of ether oxygens (including phenoxy) is 3. The molecule has 6 heteroatoms. The molecule has 1 atom stereocenters. The Morgan fingerprint density at radius 2 is 0.537 bits per heavy atom. The highest BCUT2D eigenvalue weighted by Crippen LogP contribution is 2.15. The summed E-state index contributed by atoms with van der Waals surface area (Å²) in [6.45, 7) is 6.61. The molecule has 0 aliphatic heterocycles. The predicted molar refractivity (Wildman–Crippen MR) is 289 cm³/mol. The third-order valence-corrected chi connectivity index (χ3v) is 12.8. The highest BCUT2D eigenvalue weighted by molar-refractivity contribution is 5.71. The van der Waals surface area contributed by atoms with Crippen molar-refractivity contribution >= 4 is 17.9 Å². The molecular formula is C61H110O6. The lowest BCUT2D eigenvalue weighted by Crippen LogP contribution is -2.30. The fourth-order valence-electron chi connectivity index (χ4n) is 8.35. The molecule has 0 saturated carbocycles. The van der Waals surface area contributed by atoms with Crippen LogP contribution in [0, 0.1) is 0 Å². The van der Waals surface area contributed by atoms with Gasteiger partial charge in [-0.25, -0.2) is 0 Å². The van der Waals surface area contributed by atoms with Gasteiger partial charge in [0.15, 0.2) is 6.10 Å². The van der Waals surface area contributed by atoms with E-state index in [1.807, 2.05) is 0 Å². The van der Waals surface area contributed by atoms with Crippen molar-refractivity contribution in [2.45, 2.75) is 309 Å². The molecule has 0 aromatic rings. The van der Waals surface area contributed by atoms with Crippen LogP contribution in [0.5, 0.6) is 0 Å². The molecular weight excluding hydrogens is 829 g/mol. The molecule has 6 nitrogen and oxygen atoms in total. The fraction of sp³-hybridized carbons (Fsp3) is 0.820. The summed E-state index contributed by atoms with van der Waals surface area (Å²) in [7, 11) is 0. The molecule has 0 aromatic carbocycles. The zero-order valence-corrected chi connectivity index (χ0v) is 44.7. The van der Waals surface area contributed by atoms with E-state index in [0.29, 0.717) is 19.3 Å². The predicted octanol–water partition coefficient (Wildman–Crippen LogP) is 19.4. The minimum atomic E-state index is -0.780. The summed E-state index contributed by atoms with van der Waals surface area (Å²) in [5.41, 5.74) is 0. The molecule has 67 heavy (non-hydrogen) atoms. The van der Waals surface area contributed by atoms with Crippen LogP contribution in [0.1, 0.15) is 303 Å². The maximum Gasteiger partial charge on any atom is 0.306 e. The Hall–Kier alpha value is -2.63. The van der Waals surface area contributed by atoms with Crippen LogP contribution in [-0.4, -0.2) is 37.2 Å². The van der Waals surface area contributed by atoms with Crippen molar-refractivity contribution in [3.05, 3.63) is 48.6 Å². The number of esters is 3. The number of carbonyl (C=O) groups excluding carboxylic acids is 3. The van der Waals surface area contributed by atoms with Gasteiger partial charge in [0.1, 0.15) is 13.2 Å². The quantitative estimate of drug-likeness (QED) is 0.0262. The van der Waals surface area contributed by atoms with E-state index in [0.717, 1.165) is 77.0 Å². The SMILES string of the molecule is CCCCC/C=C/C/C=C/CCCCCCCCCC(=O)O[C@H](COC(=O)CCCCCCC/C=C/CCCCCC)COC(=O)CCCCCCCCCCC/C=C/CCCCCCCC. The van der Waals surface area contributed by atoms with Gasteiger partial charge in [0, 0.05) is 19.3 Å². The van der Waals surface area contributed by atoms with Gasteiger partial charge in [-0.15, -0.1) is 0 Å². The van der Waals surface area contributed by atoms with Crippen LogP contribution >= 0.6 is 0 Å². The van der Waals surface area contributed by atoms with Crippen molar-refractivity contribution in [1.29, 1.82) is 0 Å². The topological polar surface area (TPSA) is 78.9 Å². The van der Waals surface area contributed by atoms with Crippen LogP contribution in [0.15, 0.2) is 48.6 Å². The van der Waals surface area contributed by atoms with E-state index in [4.69, 9.17) is 14.2 Å². The lowest BCUT2D eigenvalue weighted by molar-refractivity contribution is -0.167. The second-order valence-electron chi connectivity index (χ2n) is 19.5. The number of rotatable bonds is 53. The first kappa shape index (κ1) is 64.4. The van der Waals surface area contributed by atoms with Crippen molar-refractivity contribution in [3.63, 3.8) is 0 Å². The summed E-state index contributed by atoms with van der Waals surface area (Å²) in [5, 5.41) is 0. The molecule has 0 fully saturated rings. The minimum absolute atomic E-state index is 0.0785. The van der Waals surface area contributed by atoms with Gasteiger partial charge in [0.05, 0.1) is 0 Å². The second kappa shape index (κ2) is 56.0. The zero-order chi connectivity index (χ0) is 48.6. The molecule has 0 amide bonds. The Bertz CT molecular complexity index is 1170. The maximum absolute atomic E-state index is 12.9. The van der Waals surface area contributed by atoms with Crippen molar-refractivity contribution in [1.82, 2.24) is 0 Å². The monoisotopic (exact) mass is 939 g/mol. The number of hydrogen-bond donors (Lipinski definition) is 0. The minimum Gasteiger partial charge on any atom is -0.462 e. The lowest BCUT2D eigenvalue weighted by atomic mass is 10.1. The molecule has 0 radical (unpaired) electrons. The van der Waals surface area contributed by atoms with E-state index >= 15 is 0 Å². The van der Waals surface area contributed by atoms with Gasteiger partial charge in [0.25, 0.3) is 0 Å². The van der Waals surface area contributed by atoms with Crippen LogP contribution in [0.25, 0.3) is 0 Å². The number of unbranched alkanes of at least 4 members (excludes halogenated alkanes) is 34. The first-order valence-corrected chi connectivity index (χ1v) is 29.1. The molecule has 0 unspecified atom stereocenters. The Morgan fingerprint density at radius 3 is 0.881 bits per heavy atom. The molecule has 0 heterocycles. The Balaban J connectivity index is 4.36.